The van der Waals surface area contributed by atoms with Gasteiger partial charge >= 0.3 is 6.03 Å². The summed E-state index contributed by atoms with van der Waals surface area (Å²) >= 11 is 12.4. The van der Waals surface area contributed by atoms with Crippen LogP contribution >= 0.6 is 35.6 Å². The number of aliphatic imine (C=N–C) groups is 1. The first-order chi connectivity index (χ1) is 19.4. The maximum atomic E-state index is 14.3. The van der Waals surface area contributed by atoms with Crippen LogP contribution in [0, 0.1) is 0 Å². The lowest BCUT2D eigenvalue weighted by Gasteiger charge is -2.35. The van der Waals surface area contributed by atoms with Gasteiger partial charge in [0.1, 0.15) is 24.2 Å². The van der Waals surface area contributed by atoms with Gasteiger partial charge in [0, 0.05) is 35.4 Å². The lowest BCUT2D eigenvalue weighted by molar-refractivity contribution is -0.123. The molecule has 1 N–H and O–H groups in total. The number of carbonyl (C=O) groups is 2. The van der Waals surface area contributed by atoms with Gasteiger partial charge in [-0.15, -0.1) is 12.4 Å². The number of ether oxygens (including phenoxy) is 2. The van der Waals surface area contributed by atoms with E-state index in [1.807, 2.05) is 38.1 Å². The van der Waals surface area contributed by atoms with E-state index in [1.165, 1.54) is 4.90 Å². The second-order valence-corrected chi connectivity index (χ2v) is 10.1. The number of carbonyl (C=O) groups excluding carboxylic acids is 2. The van der Waals surface area contributed by atoms with E-state index in [0.717, 1.165) is 11.1 Å². The third-order valence-electron chi connectivity index (χ3n) is 6.68. The average Bonchev–Trinajstić information content (AvgIpc) is 3.34. The van der Waals surface area contributed by atoms with E-state index in [-0.39, 0.29) is 30.9 Å². The van der Waals surface area contributed by atoms with E-state index in [9.17, 15) is 9.59 Å². The fraction of sp³-hybridized carbons (Fsp3) is 0.310. The average molecular weight is 619 g/mol. The number of amidine groups is 1. The molecule has 0 spiro atoms. The van der Waals surface area contributed by atoms with Crippen LogP contribution in [0.5, 0.6) is 11.6 Å². The van der Waals surface area contributed by atoms with Crippen molar-refractivity contribution in [3.05, 3.63) is 87.5 Å². The highest BCUT2D eigenvalue weighted by molar-refractivity contribution is 6.30. The Labute approximate surface area is 254 Å². The van der Waals surface area contributed by atoms with Gasteiger partial charge < -0.3 is 19.7 Å². The molecule has 3 aromatic rings. The number of halogens is 3. The molecule has 2 atom stereocenters. The van der Waals surface area contributed by atoms with E-state index in [0.29, 0.717) is 59.4 Å². The largest absolute Gasteiger partial charge is 0.493 e. The van der Waals surface area contributed by atoms with Crippen LogP contribution in [0.4, 0.5) is 4.79 Å². The number of amides is 3. The minimum absolute atomic E-state index is 0. The fourth-order valence-electron chi connectivity index (χ4n) is 4.90. The Bertz CT molecular complexity index is 1420. The molecule has 5 rings (SSSR count). The molecule has 2 aromatic carbocycles. The first kappa shape index (κ1) is 30.4. The predicted octanol–water partition coefficient (Wildman–Crippen LogP) is 5.70. The van der Waals surface area contributed by atoms with Gasteiger partial charge in [-0.3, -0.25) is 14.7 Å². The van der Waals surface area contributed by atoms with Gasteiger partial charge in [-0.25, -0.2) is 9.78 Å². The molecule has 9 nitrogen and oxygen atoms in total. The Morgan fingerprint density at radius 3 is 2.24 bits per heavy atom. The molecule has 0 radical (unpaired) electrons. The number of nitrogens with zero attached hydrogens (tertiary/aromatic N) is 4. The van der Waals surface area contributed by atoms with Crippen molar-refractivity contribution in [3.8, 4) is 11.6 Å². The number of pyridine rings is 1. The Hall–Kier alpha value is -3.53. The summed E-state index contributed by atoms with van der Waals surface area (Å²) in [6.07, 6.45) is 1.61. The molecule has 12 heteroatoms. The third kappa shape index (κ3) is 6.53. The summed E-state index contributed by atoms with van der Waals surface area (Å²) in [6.45, 7) is 5.26. The summed E-state index contributed by atoms with van der Waals surface area (Å²) in [7, 11) is 0. The van der Waals surface area contributed by atoms with Gasteiger partial charge in [-0.2, -0.15) is 0 Å². The molecule has 1 aromatic heterocycles. The van der Waals surface area contributed by atoms with Crippen molar-refractivity contribution < 1.29 is 19.1 Å². The third-order valence-corrected chi connectivity index (χ3v) is 7.18. The van der Waals surface area contributed by atoms with E-state index in [1.54, 1.807) is 41.4 Å². The molecule has 0 aliphatic carbocycles. The van der Waals surface area contributed by atoms with Crippen LogP contribution in [0.3, 0.4) is 0 Å². The molecule has 0 saturated carbocycles. The number of nitrogens with one attached hydrogen (secondary N) is 1. The van der Waals surface area contributed by atoms with Gasteiger partial charge in [0.15, 0.2) is 0 Å². The molecule has 2 aliphatic heterocycles. The van der Waals surface area contributed by atoms with Gasteiger partial charge in [0.2, 0.25) is 11.8 Å². The molecule has 41 heavy (non-hydrogen) atoms. The first-order valence-corrected chi connectivity index (χ1v) is 13.8. The molecular weight excluding hydrogens is 589 g/mol. The molecule has 1 saturated heterocycles. The van der Waals surface area contributed by atoms with Crippen LogP contribution in [0.2, 0.25) is 10.0 Å². The summed E-state index contributed by atoms with van der Waals surface area (Å²) in [5.74, 6) is 1.06. The quantitative estimate of drug-likeness (QED) is 0.366. The SMILES string of the molecule is CCOc1cc(OCC)c(C2=NC(c3ccc(Cl)cc3)C(c3ccc(Cl)cc3)N2C(=O)N2CCNC(=O)C2)cn1.Cl. The molecule has 2 aliphatic rings. The van der Waals surface area contributed by atoms with E-state index in [2.05, 4.69) is 10.3 Å². The normalized spacial score (nSPS) is 18.3. The highest BCUT2D eigenvalue weighted by atomic mass is 35.5. The van der Waals surface area contributed by atoms with Crippen molar-refractivity contribution in [3.63, 3.8) is 0 Å². The zero-order chi connectivity index (χ0) is 28.2. The van der Waals surface area contributed by atoms with Crippen LogP contribution in [0.1, 0.15) is 42.6 Å². The number of piperazine rings is 1. The molecule has 216 valence electrons. The number of aromatic nitrogens is 1. The second-order valence-electron chi connectivity index (χ2n) is 9.25. The van der Waals surface area contributed by atoms with E-state index >= 15 is 0 Å². The summed E-state index contributed by atoms with van der Waals surface area (Å²) in [5.41, 5.74) is 2.23. The zero-order valence-electron chi connectivity index (χ0n) is 22.5. The minimum Gasteiger partial charge on any atom is -0.493 e. The second kappa shape index (κ2) is 13.4. The van der Waals surface area contributed by atoms with Gasteiger partial charge in [-0.05, 0) is 49.2 Å². The van der Waals surface area contributed by atoms with Crippen molar-refractivity contribution in [1.82, 2.24) is 20.1 Å². The number of rotatable bonds is 7. The van der Waals surface area contributed by atoms with Crippen LogP contribution in [-0.2, 0) is 4.79 Å². The lowest BCUT2D eigenvalue weighted by atomic mass is 9.93. The predicted molar refractivity (Wildman–Crippen MR) is 161 cm³/mol. The van der Waals surface area contributed by atoms with Crippen LogP contribution in [0.25, 0.3) is 0 Å². The highest BCUT2D eigenvalue weighted by Gasteiger charge is 2.45. The molecule has 0 bridgehead atoms. The van der Waals surface area contributed by atoms with Gasteiger partial charge in [0.25, 0.3) is 0 Å². The smallest absolute Gasteiger partial charge is 0.326 e. The van der Waals surface area contributed by atoms with Crippen molar-refractivity contribution in [2.75, 3.05) is 32.8 Å². The highest BCUT2D eigenvalue weighted by Crippen LogP contribution is 2.45. The molecule has 2 unspecified atom stereocenters. The topological polar surface area (TPSA) is 96.4 Å². The fourth-order valence-corrected chi connectivity index (χ4v) is 5.15. The molecule has 3 amide bonds. The van der Waals surface area contributed by atoms with Gasteiger partial charge in [0.05, 0.1) is 24.8 Å². The summed E-state index contributed by atoms with van der Waals surface area (Å²) in [5, 5.41) is 3.95. The standard InChI is InChI=1S/C29H29Cl2N5O4.ClH/c1-3-39-23-15-25(40-4-2)33-16-22(23)28-34-26(18-5-9-20(30)10-6-18)27(19-7-11-21(31)12-8-19)36(28)29(38)35-14-13-32-24(37)17-35;/h5-12,15-16,26-27H,3-4,13-14,17H2,1-2H3,(H,32,37);1H. The monoisotopic (exact) mass is 617 g/mol. The first-order valence-electron chi connectivity index (χ1n) is 13.1. The number of benzene rings is 2. The summed E-state index contributed by atoms with van der Waals surface area (Å²) in [4.78, 5) is 39.3. The Kier molecular flexibility index (Phi) is 9.96. The molecule has 1 fully saturated rings. The number of hydrogen-bond acceptors (Lipinski definition) is 6. The minimum atomic E-state index is -0.549. The van der Waals surface area contributed by atoms with Gasteiger partial charge in [-0.1, -0.05) is 47.5 Å². The summed E-state index contributed by atoms with van der Waals surface area (Å²) < 4.78 is 11.6. The van der Waals surface area contributed by atoms with Crippen molar-refractivity contribution >= 4 is 53.4 Å². The number of urea groups is 1. The van der Waals surface area contributed by atoms with Crippen LogP contribution in [0.15, 0.2) is 65.8 Å². The molecular formula is C29H30Cl3N5O4. The van der Waals surface area contributed by atoms with Crippen LogP contribution < -0.4 is 14.8 Å². The zero-order valence-corrected chi connectivity index (χ0v) is 24.9. The maximum absolute atomic E-state index is 14.3. The van der Waals surface area contributed by atoms with E-state index < -0.39 is 12.1 Å². The lowest BCUT2D eigenvalue weighted by Crippen LogP contribution is -2.55. The Morgan fingerprint density at radius 1 is 1.00 bits per heavy atom. The Morgan fingerprint density at radius 2 is 1.63 bits per heavy atom. The van der Waals surface area contributed by atoms with Crippen LogP contribution in [-0.4, -0.2) is 65.4 Å². The van der Waals surface area contributed by atoms with Crippen molar-refractivity contribution in [1.29, 1.82) is 0 Å². The number of hydrogen-bond donors (Lipinski definition) is 1. The van der Waals surface area contributed by atoms with Crippen molar-refractivity contribution in [2.45, 2.75) is 25.9 Å². The Balaban J connectivity index is 0.00000387. The molecule has 3 heterocycles. The maximum Gasteiger partial charge on any atom is 0.326 e. The van der Waals surface area contributed by atoms with E-state index in [4.69, 9.17) is 37.7 Å². The van der Waals surface area contributed by atoms with Crippen molar-refractivity contribution in [2.24, 2.45) is 4.99 Å². The summed E-state index contributed by atoms with van der Waals surface area (Å²) in [6, 6.07) is 15.1.